The molecule has 3 rings (SSSR count). The molecule has 3 aromatic rings. The fourth-order valence-electron chi connectivity index (χ4n) is 2.43. The highest BCUT2D eigenvalue weighted by Crippen LogP contribution is 2.30. The van der Waals surface area contributed by atoms with Gasteiger partial charge in [-0.1, -0.05) is 35.0 Å². The molecule has 0 spiro atoms. The van der Waals surface area contributed by atoms with Crippen LogP contribution in [0, 0.1) is 13.8 Å². The molecule has 1 amide bonds. The van der Waals surface area contributed by atoms with Gasteiger partial charge in [-0.15, -0.1) is 0 Å². The van der Waals surface area contributed by atoms with Crippen molar-refractivity contribution >= 4 is 29.6 Å². The molecule has 0 unspecified atom stereocenters. The quantitative estimate of drug-likeness (QED) is 0.722. The Morgan fingerprint density at radius 1 is 1.26 bits per heavy atom. The number of amides is 1. The summed E-state index contributed by atoms with van der Waals surface area (Å²) in [6.07, 6.45) is 0. The molecule has 1 aromatic carbocycles. The van der Waals surface area contributed by atoms with E-state index in [1.54, 1.807) is 6.07 Å². The third kappa shape index (κ3) is 3.07. The standard InChI is InChI=1S/C17H17N3O2S/c1-10-3-5-12(6-4-10)15-14-13(16(21)18-7-8-23)9-11(2)19-17(14)22-20-15/h3-6,9,23H,7-8H2,1-2H3,(H,18,21). The predicted octanol–water partition coefficient (Wildman–Crippen LogP) is 3.17. The summed E-state index contributed by atoms with van der Waals surface area (Å²) in [6.45, 7) is 4.34. The van der Waals surface area contributed by atoms with Gasteiger partial charge in [-0.25, -0.2) is 4.98 Å². The minimum absolute atomic E-state index is 0.175. The third-order valence-corrected chi connectivity index (χ3v) is 3.77. The molecule has 0 aliphatic carbocycles. The first-order valence-electron chi connectivity index (χ1n) is 7.33. The number of nitrogens with zero attached hydrogens (tertiary/aromatic N) is 2. The van der Waals surface area contributed by atoms with Gasteiger partial charge in [-0.2, -0.15) is 12.6 Å². The maximum atomic E-state index is 12.5. The molecule has 5 nitrogen and oxygen atoms in total. The number of hydrogen-bond acceptors (Lipinski definition) is 5. The summed E-state index contributed by atoms with van der Waals surface area (Å²) in [5.74, 6) is 0.402. The van der Waals surface area contributed by atoms with E-state index in [4.69, 9.17) is 4.52 Å². The molecule has 0 saturated carbocycles. The SMILES string of the molecule is Cc1ccc(-c2noc3nc(C)cc(C(=O)NCCS)c23)cc1. The Balaban J connectivity index is 2.17. The van der Waals surface area contributed by atoms with Gasteiger partial charge in [-0.05, 0) is 19.9 Å². The zero-order chi connectivity index (χ0) is 16.4. The second-order valence-corrected chi connectivity index (χ2v) is 5.82. The molecule has 2 heterocycles. The van der Waals surface area contributed by atoms with E-state index in [1.165, 1.54) is 0 Å². The van der Waals surface area contributed by atoms with Crippen molar-refractivity contribution in [2.75, 3.05) is 12.3 Å². The monoisotopic (exact) mass is 327 g/mol. The number of aryl methyl sites for hydroxylation is 2. The van der Waals surface area contributed by atoms with Crippen LogP contribution in [0.5, 0.6) is 0 Å². The van der Waals surface area contributed by atoms with E-state index in [2.05, 4.69) is 28.1 Å². The predicted molar refractivity (Wildman–Crippen MR) is 92.9 cm³/mol. The molecule has 118 valence electrons. The molecule has 0 fully saturated rings. The summed E-state index contributed by atoms with van der Waals surface area (Å²) < 4.78 is 5.35. The van der Waals surface area contributed by atoms with Crippen LogP contribution in [0.1, 0.15) is 21.6 Å². The third-order valence-electron chi connectivity index (χ3n) is 3.54. The second kappa shape index (κ2) is 6.42. The van der Waals surface area contributed by atoms with Crippen LogP contribution in [0.25, 0.3) is 22.4 Å². The lowest BCUT2D eigenvalue weighted by Gasteiger charge is -2.06. The summed E-state index contributed by atoms with van der Waals surface area (Å²) in [7, 11) is 0. The fourth-order valence-corrected chi connectivity index (χ4v) is 2.54. The summed E-state index contributed by atoms with van der Waals surface area (Å²) in [4.78, 5) is 16.8. The van der Waals surface area contributed by atoms with E-state index < -0.39 is 0 Å². The van der Waals surface area contributed by atoms with Crippen molar-refractivity contribution in [1.29, 1.82) is 0 Å². The fraction of sp³-hybridized carbons (Fsp3) is 0.235. The lowest BCUT2D eigenvalue weighted by molar-refractivity contribution is 0.0957. The number of carbonyl (C=O) groups excluding carboxylic acids is 1. The number of rotatable bonds is 4. The van der Waals surface area contributed by atoms with E-state index in [1.807, 2.05) is 38.1 Å². The number of nitrogens with one attached hydrogen (secondary N) is 1. The van der Waals surface area contributed by atoms with Crippen LogP contribution in [0.4, 0.5) is 0 Å². The number of thiol groups is 1. The van der Waals surface area contributed by atoms with Gasteiger partial charge in [0.1, 0.15) is 5.69 Å². The molecule has 6 heteroatoms. The molecule has 0 saturated heterocycles. The molecule has 1 N–H and O–H groups in total. The second-order valence-electron chi connectivity index (χ2n) is 5.37. The number of hydrogen-bond donors (Lipinski definition) is 2. The molecule has 0 atom stereocenters. The van der Waals surface area contributed by atoms with Crippen LogP contribution in [0.15, 0.2) is 34.9 Å². The Kier molecular flexibility index (Phi) is 4.34. The highest BCUT2D eigenvalue weighted by atomic mass is 32.1. The van der Waals surface area contributed by atoms with E-state index in [0.29, 0.717) is 40.3 Å². The Hall–Kier alpha value is -2.34. The number of benzene rings is 1. The average molecular weight is 327 g/mol. The van der Waals surface area contributed by atoms with Gasteiger partial charge in [0.2, 0.25) is 0 Å². The lowest BCUT2D eigenvalue weighted by Crippen LogP contribution is -2.25. The first kappa shape index (κ1) is 15.6. The maximum absolute atomic E-state index is 12.5. The van der Waals surface area contributed by atoms with Crippen LogP contribution in [0.2, 0.25) is 0 Å². The first-order chi connectivity index (χ1) is 11.1. The Morgan fingerprint density at radius 3 is 2.70 bits per heavy atom. The minimum atomic E-state index is -0.175. The van der Waals surface area contributed by atoms with Gasteiger partial charge in [0.05, 0.1) is 10.9 Å². The zero-order valence-electron chi connectivity index (χ0n) is 13.0. The van der Waals surface area contributed by atoms with Crippen LogP contribution in [-0.2, 0) is 0 Å². The van der Waals surface area contributed by atoms with E-state index in [0.717, 1.165) is 11.1 Å². The number of pyridine rings is 1. The van der Waals surface area contributed by atoms with Crippen molar-refractivity contribution in [1.82, 2.24) is 15.5 Å². The van der Waals surface area contributed by atoms with Crippen molar-refractivity contribution in [3.8, 4) is 11.3 Å². The molecule has 0 bridgehead atoms. The summed E-state index contributed by atoms with van der Waals surface area (Å²) in [5.41, 5.74) is 4.27. The topological polar surface area (TPSA) is 68.0 Å². The van der Waals surface area contributed by atoms with Crippen molar-refractivity contribution < 1.29 is 9.32 Å². The molecule has 23 heavy (non-hydrogen) atoms. The van der Waals surface area contributed by atoms with Crippen LogP contribution in [0.3, 0.4) is 0 Å². The van der Waals surface area contributed by atoms with E-state index in [-0.39, 0.29) is 5.91 Å². The smallest absolute Gasteiger partial charge is 0.259 e. The number of aromatic nitrogens is 2. The van der Waals surface area contributed by atoms with Crippen molar-refractivity contribution in [2.45, 2.75) is 13.8 Å². The minimum Gasteiger partial charge on any atom is -0.351 e. The number of carbonyl (C=O) groups is 1. The average Bonchev–Trinajstić information content (AvgIpc) is 2.96. The lowest BCUT2D eigenvalue weighted by atomic mass is 10.0. The first-order valence-corrected chi connectivity index (χ1v) is 7.96. The molecule has 0 aliphatic heterocycles. The molecule has 0 aliphatic rings. The van der Waals surface area contributed by atoms with Crippen molar-refractivity contribution in [3.05, 3.63) is 47.2 Å². The van der Waals surface area contributed by atoms with Crippen molar-refractivity contribution in [3.63, 3.8) is 0 Å². The Labute approximate surface area is 139 Å². The van der Waals surface area contributed by atoms with Crippen LogP contribution in [-0.4, -0.2) is 28.3 Å². The van der Waals surface area contributed by atoms with Gasteiger partial charge in [0.15, 0.2) is 0 Å². The maximum Gasteiger partial charge on any atom is 0.259 e. The van der Waals surface area contributed by atoms with E-state index in [9.17, 15) is 4.79 Å². The highest BCUT2D eigenvalue weighted by molar-refractivity contribution is 7.80. The van der Waals surface area contributed by atoms with Gasteiger partial charge in [0, 0.05) is 23.6 Å². The normalized spacial score (nSPS) is 10.9. The van der Waals surface area contributed by atoms with Gasteiger partial charge < -0.3 is 9.84 Å². The summed E-state index contributed by atoms with van der Waals surface area (Å²) in [6, 6.07) is 9.67. The van der Waals surface area contributed by atoms with Gasteiger partial charge in [-0.3, -0.25) is 4.79 Å². The van der Waals surface area contributed by atoms with Crippen LogP contribution >= 0.6 is 12.6 Å². The summed E-state index contributed by atoms with van der Waals surface area (Å²) >= 11 is 4.12. The highest BCUT2D eigenvalue weighted by Gasteiger charge is 2.20. The zero-order valence-corrected chi connectivity index (χ0v) is 13.9. The largest absolute Gasteiger partial charge is 0.351 e. The molecular weight excluding hydrogens is 310 g/mol. The summed E-state index contributed by atoms with van der Waals surface area (Å²) in [5, 5.41) is 7.60. The van der Waals surface area contributed by atoms with E-state index >= 15 is 0 Å². The Bertz CT molecular complexity index is 856. The number of fused-ring (bicyclic) bond motifs is 1. The molecular formula is C17H17N3O2S. The van der Waals surface area contributed by atoms with Gasteiger partial charge in [0.25, 0.3) is 11.6 Å². The molecule has 0 radical (unpaired) electrons. The van der Waals surface area contributed by atoms with Crippen LogP contribution < -0.4 is 5.32 Å². The molecule has 2 aromatic heterocycles. The van der Waals surface area contributed by atoms with Crippen molar-refractivity contribution in [2.24, 2.45) is 0 Å². The Morgan fingerprint density at radius 2 is 2.00 bits per heavy atom. The van der Waals surface area contributed by atoms with Gasteiger partial charge >= 0.3 is 0 Å².